The number of amides is 2. The first-order valence-electron chi connectivity index (χ1n) is 10.0. The predicted octanol–water partition coefficient (Wildman–Crippen LogP) is 7.06. The first-order chi connectivity index (χ1) is 16.8. The highest BCUT2D eigenvalue weighted by Crippen LogP contribution is 2.38. The van der Waals surface area contributed by atoms with Gasteiger partial charge in [-0.3, -0.25) is 14.5 Å². The van der Waals surface area contributed by atoms with Crippen molar-refractivity contribution in [1.82, 2.24) is 4.90 Å². The van der Waals surface area contributed by atoms with Crippen molar-refractivity contribution in [3.63, 3.8) is 0 Å². The predicted molar refractivity (Wildman–Crippen MR) is 139 cm³/mol. The lowest BCUT2D eigenvalue weighted by Gasteiger charge is -2.12. The number of methoxy groups -OCH3 is 1. The monoisotopic (exact) mass is 639 g/mol. The quantitative estimate of drug-likeness (QED) is 0.202. The van der Waals surface area contributed by atoms with Gasteiger partial charge in [0.2, 0.25) is 5.76 Å². The van der Waals surface area contributed by atoms with Crippen LogP contribution >= 0.6 is 55.2 Å². The number of hydrogen-bond donors (Lipinski definition) is 0. The Balaban J connectivity index is 1.48. The minimum Gasteiger partial charge on any atom is -0.486 e. The topological polar surface area (TPSA) is 86.0 Å². The van der Waals surface area contributed by atoms with Crippen molar-refractivity contribution in [3.05, 3.63) is 90.1 Å². The van der Waals surface area contributed by atoms with E-state index in [9.17, 15) is 14.4 Å². The van der Waals surface area contributed by atoms with E-state index in [-0.39, 0.29) is 23.8 Å². The summed E-state index contributed by atoms with van der Waals surface area (Å²) in [7, 11) is 1.24. The van der Waals surface area contributed by atoms with E-state index in [0.29, 0.717) is 31.0 Å². The molecule has 1 aliphatic heterocycles. The number of thioether (sulfide) groups is 1. The third kappa shape index (κ3) is 5.83. The summed E-state index contributed by atoms with van der Waals surface area (Å²) in [5.41, 5.74) is 1.53. The summed E-state index contributed by atoms with van der Waals surface area (Å²) < 4.78 is 17.2. The molecule has 2 aromatic carbocycles. The largest absolute Gasteiger partial charge is 0.486 e. The van der Waals surface area contributed by atoms with Crippen molar-refractivity contribution in [3.8, 4) is 5.75 Å². The molecule has 4 rings (SSSR count). The van der Waals surface area contributed by atoms with Gasteiger partial charge in [-0.1, -0.05) is 29.8 Å². The second-order valence-corrected chi connectivity index (χ2v) is 10.3. The minimum absolute atomic E-state index is 0.00319. The number of ether oxygens (including phenoxy) is 2. The Bertz CT molecular complexity index is 1330. The number of carbonyl (C=O) groups is 3. The first-order valence-corrected chi connectivity index (χ1v) is 12.8. The van der Waals surface area contributed by atoms with Crippen LogP contribution in [0.2, 0.25) is 5.02 Å². The molecule has 0 spiro atoms. The maximum absolute atomic E-state index is 12.9. The molecule has 180 valence electrons. The molecule has 2 amide bonds. The molecule has 1 aliphatic rings. The van der Waals surface area contributed by atoms with Gasteiger partial charge in [0.05, 0.1) is 27.5 Å². The van der Waals surface area contributed by atoms with Gasteiger partial charge in [0.1, 0.15) is 18.1 Å². The van der Waals surface area contributed by atoms with Gasteiger partial charge in [0.25, 0.3) is 11.1 Å². The number of furan rings is 1. The number of nitrogens with zero attached hydrogens (tertiary/aromatic N) is 1. The molecule has 1 saturated heterocycles. The van der Waals surface area contributed by atoms with E-state index in [1.807, 2.05) is 18.2 Å². The van der Waals surface area contributed by atoms with E-state index in [4.69, 9.17) is 20.8 Å². The van der Waals surface area contributed by atoms with Crippen molar-refractivity contribution < 1.29 is 28.3 Å². The molecule has 0 atom stereocenters. The number of halogens is 3. The van der Waals surface area contributed by atoms with Crippen LogP contribution in [0.5, 0.6) is 5.75 Å². The Morgan fingerprint density at radius 1 is 1.14 bits per heavy atom. The highest BCUT2D eigenvalue weighted by molar-refractivity contribution is 9.11. The summed E-state index contributed by atoms with van der Waals surface area (Å²) in [4.78, 5) is 38.2. The summed E-state index contributed by atoms with van der Waals surface area (Å²) in [6, 6.07) is 13.9. The van der Waals surface area contributed by atoms with E-state index in [0.717, 1.165) is 22.2 Å². The highest BCUT2D eigenvalue weighted by atomic mass is 79.9. The standard InChI is InChI=1S/C24H16Br2ClNO6S/c1-32-23(30)19-7-6-15(34-19)11-28-22(29)20(35-24(28)31)10-13-8-16(25)21(17(26)9-13)33-12-14-4-2-3-5-18(14)27/h2-10H,11-12H2,1H3/b20-10+. The Morgan fingerprint density at radius 3 is 2.54 bits per heavy atom. The van der Waals surface area contributed by atoms with Crippen LogP contribution in [0, 0.1) is 0 Å². The molecule has 0 radical (unpaired) electrons. The summed E-state index contributed by atoms with van der Waals surface area (Å²) >= 11 is 14.0. The third-order valence-corrected chi connectivity index (χ3v) is 7.34. The van der Waals surface area contributed by atoms with Crippen LogP contribution < -0.4 is 4.74 Å². The lowest BCUT2D eigenvalue weighted by molar-refractivity contribution is -0.123. The summed E-state index contributed by atoms with van der Waals surface area (Å²) in [6.07, 6.45) is 1.63. The number of benzene rings is 2. The number of esters is 1. The zero-order valence-electron chi connectivity index (χ0n) is 18.0. The third-order valence-electron chi connectivity index (χ3n) is 4.88. The van der Waals surface area contributed by atoms with E-state index < -0.39 is 17.1 Å². The molecule has 0 unspecified atom stereocenters. The second kappa shape index (κ2) is 11.0. The van der Waals surface area contributed by atoms with Gasteiger partial charge in [0, 0.05) is 10.6 Å². The number of hydrogen-bond acceptors (Lipinski definition) is 7. The van der Waals surface area contributed by atoms with Crippen LogP contribution in [0.1, 0.15) is 27.4 Å². The lowest BCUT2D eigenvalue weighted by Crippen LogP contribution is -2.27. The molecule has 1 fully saturated rings. The van der Waals surface area contributed by atoms with Gasteiger partial charge in [0.15, 0.2) is 0 Å². The average Bonchev–Trinajstić information content (AvgIpc) is 3.39. The fourth-order valence-electron chi connectivity index (χ4n) is 3.18. The molecule has 2 heterocycles. The van der Waals surface area contributed by atoms with Gasteiger partial charge in [-0.15, -0.1) is 0 Å². The molecule has 7 nitrogen and oxygen atoms in total. The van der Waals surface area contributed by atoms with Crippen LogP contribution in [0.15, 0.2) is 66.8 Å². The van der Waals surface area contributed by atoms with E-state index >= 15 is 0 Å². The molecule has 3 aromatic rings. The summed E-state index contributed by atoms with van der Waals surface area (Å²) in [5, 5.41) is 0.179. The van der Waals surface area contributed by atoms with Crippen molar-refractivity contribution >= 4 is 78.4 Å². The summed E-state index contributed by atoms with van der Waals surface area (Å²) in [6.45, 7) is 0.181. The maximum atomic E-state index is 12.9. The zero-order valence-corrected chi connectivity index (χ0v) is 22.8. The SMILES string of the molecule is COC(=O)c1ccc(CN2C(=O)S/C(=C/c3cc(Br)c(OCc4ccccc4Cl)c(Br)c3)C2=O)o1. The average molecular weight is 642 g/mol. The summed E-state index contributed by atoms with van der Waals surface area (Å²) in [5.74, 6) is -0.228. The van der Waals surface area contributed by atoms with Crippen LogP contribution in [0.25, 0.3) is 6.08 Å². The normalized spacial score (nSPS) is 14.6. The number of imide groups is 1. The first kappa shape index (κ1) is 25.6. The van der Waals surface area contributed by atoms with Crippen LogP contribution in [-0.4, -0.2) is 29.1 Å². The molecule has 11 heteroatoms. The van der Waals surface area contributed by atoms with Crippen LogP contribution in [0.4, 0.5) is 4.79 Å². The Labute approximate surface area is 226 Å². The number of carbonyl (C=O) groups excluding carboxylic acids is 3. The van der Waals surface area contributed by atoms with Crippen molar-refractivity contribution in [2.24, 2.45) is 0 Å². The maximum Gasteiger partial charge on any atom is 0.373 e. The van der Waals surface area contributed by atoms with Gasteiger partial charge in [-0.2, -0.15) is 0 Å². The molecule has 1 aromatic heterocycles. The zero-order chi connectivity index (χ0) is 25.1. The second-order valence-electron chi connectivity index (χ2n) is 7.22. The van der Waals surface area contributed by atoms with Gasteiger partial charge < -0.3 is 13.9 Å². The van der Waals surface area contributed by atoms with Crippen LogP contribution in [0.3, 0.4) is 0 Å². The fourth-order valence-corrected chi connectivity index (χ4v) is 5.66. The molecule has 35 heavy (non-hydrogen) atoms. The molecular formula is C24H16Br2ClNO6S. The Kier molecular flexibility index (Phi) is 8.05. The van der Waals surface area contributed by atoms with Crippen molar-refractivity contribution in [2.75, 3.05) is 7.11 Å². The van der Waals surface area contributed by atoms with Crippen LogP contribution in [-0.2, 0) is 22.7 Å². The number of rotatable bonds is 7. The van der Waals surface area contributed by atoms with Gasteiger partial charge >= 0.3 is 5.97 Å². The minimum atomic E-state index is -0.638. The van der Waals surface area contributed by atoms with Gasteiger partial charge in [-0.25, -0.2) is 4.79 Å². The Morgan fingerprint density at radius 2 is 1.86 bits per heavy atom. The molecule has 0 N–H and O–H groups in total. The molecule has 0 bridgehead atoms. The van der Waals surface area contributed by atoms with Gasteiger partial charge in [-0.05, 0) is 85.6 Å². The fraction of sp³-hybridized carbons (Fsp3) is 0.125. The molecule has 0 saturated carbocycles. The molecular weight excluding hydrogens is 626 g/mol. The van der Waals surface area contributed by atoms with Crippen molar-refractivity contribution in [1.29, 1.82) is 0 Å². The smallest absolute Gasteiger partial charge is 0.373 e. The van der Waals surface area contributed by atoms with E-state index in [1.165, 1.54) is 19.2 Å². The molecule has 0 aliphatic carbocycles. The van der Waals surface area contributed by atoms with E-state index in [2.05, 4.69) is 36.6 Å². The highest BCUT2D eigenvalue weighted by Gasteiger charge is 2.36. The van der Waals surface area contributed by atoms with Crippen molar-refractivity contribution in [2.45, 2.75) is 13.2 Å². The lowest BCUT2D eigenvalue weighted by atomic mass is 10.2. The Hall–Kier alpha value is -2.53. The van der Waals surface area contributed by atoms with E-state index in [1.54, 1.807) is 24.3 Å².